The number of fused-ring (bicyclic) bond motifs is 1. The number of hydrogen-bond donors (Lipinski definition) is 1. The minimum Gasteiger partial charge on any atom is -0.350 e. The molecule has 1 N–H and O–H groups in total. The molecule has 0 aliphatic heterocycles. The summed E-state index contributed by atoms with van der Waals surface area (Å²) in [5.41, 5.74) is 1.29. The number of carbonyl (C=O) groups excluding carboxylic acids is 1. The number of imidazole rings is 1. The molecule has 96 valence electrons. The van der Waals surface area contributed by atoms with Gasteiger partial charge in [-0.3, -0.25) is 14.2 Å². The summed E-state index contributed by atoms with van der Waals surface area (Å²) < 4.78 is 1.98. The van der Waals surface area contributed by atoms with E-state index < -0.39 is 0 Å². The first-order valence-corrected chi connectivity index (χ1v) is 6.66. The Morgan fingerprint density at radius 1 is 1.42 bits per heavy atom. The summed E-state index contributed by atoms with van der Waals surface area (Å²) in [6, 6.07) is 0. The fourth-order valence-electron chi connectivity index (χ4n) is 1.71. The Bertz CT molecular complexity index is 662. The molecule has 3 aromatic heterocycles. The first-order chi connectivity index (χ1) is 9.33. The molecule has 0 aliphatic rings. The standard InChI is InChI=1S/C12H11N5OS/c18-11(10-7-13-3-4-14-10)15-2-1-9-8-17-5-6-19-12(17)16-9/h3-8H,1-2H2,(H,15,18). The Hall–Kier alpha value is -2.28. The van der Waals surface area contributed by atoms with Gasteiger partial charge in [-0.2, -0.15) is 0 Å². The molecule has 3 aromatic rings. The van der Waals surface area contributed by atoms with Crippen LogP contribution in [0.3, 0.4) is 0 Å². The highest BCUT2D eigenvalue weighted by Gasteiger charge is 2.07. The summed E-state index contributed by atoms with van der Waals surface area (Å²) in [5.74, 6) is -0.214. The van der Waals surface area contributed by atoms with E-state index in [1.165, 1.54) is 18.6 Å². The van der Waals surface area contributed by atoms with Crippen LogP contribution in [0.2, 0.25) is 0 Å². The van der Waals surface area contributed by atoms with Gasteiger partial charge < -0.3 is 5.32 Å². The lowest BCUT2D eigenvalue weighted by molar-refractivity contribution is 0.0948. The van der Waals surface area contributed by atoms with Crippen molar-refractivity contribution in [1.29, 1.82) is 0 Å². The second kappa shape index (κ2) is 5.15. The van der Waals surface area contributed by atoms with Gasteiger partial charge in [0.05, 0.1) is 11.9 Å². The lowest BCUT2D eigenvalue weighted by Crippen LogP contribution is -2.26. The molecular weight excluding hydrogens is 262 g/mol. The predicted molar refractivity (Wildman–Crippen MR) is 71.1 cm³/mol. The van der Waals surface area contributed by atoms with Crippen LogP contribution in [0, 0.1) is 0 Å². The fourth-order valence-corrected chi connectivity index (χ4v) is 2.43. The van der Waals surface area contributed by atoms with Gasteiger partial charge in [0.2, 0.25) is 0 Å². The molecule has 19 heavy (non-hydrogen) atoms. The zero-order valence-electron chi connectivity index (χ0n) is 9.98. The van der Waals surface area contributed by atoms with Gasteiger partial charge in [0.15, 0.2) is 4.96 Å². The van der Waals surface area contributed by atoms with E-state index in [-0.39, 0.29) is 5.91 Å². The zero-order valence-corrected chi connectivity index (χ0v) is 10.8. The number of nitrogens with zero attached hydrogens (tertiary/aromatic N) is 4. The Kier molecular flexibility index (Phi) is 3.20. The van der Waals surface area contributed by atoms with Crippen LogP contribution in [0.25, 0.3) is 4.96 Å². The molecule has 0 aliphatic carbocycles. The van der Waals surface area contributed by atoms with Crippen molar-refractivity contribution in [3.63, 3.8) is 0 Å². The van der Waals surface area contributed by atoms with Crippen molar-refractivity contribution in [2.45, 2.75) is 6.42 Å². The van der Waals surface area contributed by atoms with Crippen LogP contribution in [0.4, 0.5) is 0 Å². The number of nitrogens with one attached hydrogen (secondary N) is 1. The Morgan fingerprint density at radius 2 is 2.37 bits per heavy atom. The van der Waals surface area contributed by atoms with Crippen LogP contribution in [0.1, 0.15) is 16.2 Å². The van der Waals surface area contributed by atoms with E-state index in [2.05, 4.69) is 20.3 Å². The molecule has 0 unspecified atom stereocenters. The van der Waals surface area contributed by atoms with Crippen LogP contribution in [0.5, 0.6) is 0 Å². The van der Waals surface area contributed by atoms with Crippen LogP contribution in [-0.4, -0.2) is 31.8 Å². The number of thiazole rings is 1. The molecule has 0 bridgehead atoms. The average molecular weight is 273 g/mol. The third-order valence-electron chi connectivity index (χ3n) is 2.61. The molecule has 0 saturated heterocycles. The third kappa shape index (κ3) is 2.60. The highest BCUT2D eigenvalue weighted by atomic mass is 32.1. The normalized spacial score (nSPS) is 10.7. The van der Waals surface area contributed by atoms with Crippen molar-refractivity contribution < 1.29 is 4.79 Å². The third-order valence-corrected chi connectivity index (χ3v) is 3.38. The lowest BCUT2D eigenvalue weighted by atomic mass is 10.3. The maximum absolute atomic E-state index is 11.7. The first kappa shape index (κ1) is 11.8. The summed E-state index contributed by atoms with van der Waals surface area (Å²) in [5, 5.41) is 4.78. The maximum Gasteiger partial charge on any atom is 0.271 e. The molecule has 0 fully saturated rings. The number of rotatable bonds is 4. The smallest absolute Gasteiger partial charge is 0.271 e. The molecule has 0 saturated carbocycles. The van der Waals surface area contributed by atoms with Crippen molar-refractivity contribution >= 4 is 22.2 Å². The summed E-state index contributed by atoms with van der Waals surface area (Å²) >= 11 is 1.59. The van der Waals surface area contributed by atoms with Crippen molar-refractivity contribution in [1.82, 2.24) is 24.7 Å². The minimum absolute atomic E-state index is 0.214. The van der Waals surface area contributed by atoms with E-state index >= 15 is 0 Å². The molecule has 1 amide bonds. The fraction of sp³-hybridized carbons (Fsp3) is 0.167. The minimum atomic E-state index is -0.214. The molecule has 3 rings (SSSR count). The number of aromatic nitrogens is 4. The van der Waals surface area contributed by atoms with Crippen LogP contribution >= 0.6 is 11.3 Å². The van der Waals surface area contributed by atoms with Crippen molar-refractivity contribution in [3.8, 4) is 0 Å². The topological polar surface area (TPSA) is 72.2 Å². The van der Waals surface area contributed by atoms with Gasteiger partial charge in [0.1, 0.15) is 5.69 Å². The summed E-state index contributed by atoms with van der Waals surface area (Å²) in [7, 11) is 0. The van der Waals surface area contributed by atoms with E-state index in [1.807, 2.05) is 22.2 Å². The molecule has 0 radical (unpaired) electrons. The predicted octanol–water partition coefficient (Wildman–Crippen LogP) is 1.16. The second-order valence-corrected chi connectivity index (χ2v) is 4.79. The van der Waals surface area contributed by atoms with Gasteiger partial charge in [0, 0.05) is 43.1 Å². The number of carbonyl (C=O) groups is 1. The maximum atomic E-state index is 11.7. The Morgan fingerprint density at radius 3 is 3.16 bits per heavy atom. The summed E-state index contributed by atoms with van der Waals surface area (Å²) in [4.78, 5) is 24.9. The molecule has 0 aromatic carbocycles. The second-order valence-electron chi connectivity index (χ2n) is 3.92. The van der Waals surface area contributed by atoms with Crippen molar-refractivity contribution in [2.75, 3.05) is 6.54 Å². The van der Waals surface area contributed by atoms with Gasteiger partial charge in [0.25, 0.3) is 5.91 Å². The molecule has 3 heterocycles. The Labute approximate surface area is 113 Å². The highest BCUT2D eigenvalue weighted by Crippen LogP contribution is 2.11. The molecule has 0 spiro atoms. The van der Waals surface area contributed by atoms with E-state index in [0.717, 1.165) is 10.7 Å². The van der Waals surface area contributed by atoms with E-state index in [1.54, 1.807) is 11.3 Å². The lowest BCUT2D eigenvalue weighted by Gasteiger charge is -2.02. The van der Waals surface area contributed by atoms with Crippen LogP contribution in [-0.2, 0) is 6.42 Å². The van der Waals surface area contributed by atoms with E-state index in [0.29, 0.717) is 18.7 Å². The molecular formula is C12H11N5OS. The molecule has 7 heteroatoms. The van der Waals surface area contributed by atoms with Gasteiger partial charge in [-0.1, -0.05) is 0 Å². The quantitative estimate of drug-likeness (QED) is 0.774. The van der Waals surface area contributed by atoms with Crippen LogP contribution < -0.4 is 5.32 Å². The number of amides is 1. The first-order valence-electron chi connectivity index (χ1n) is 5.78. The van der Waals surface area contributed by atoms with Gasteiger partial charge >= 0.3 is 0 Å². The van der Waals surface area contributed by atoms with Crippen molar-refractivity contribution in [2.24, 2.45) is 0 Å². The zero-order chi connectivity index (χ0) is 13.1. The van der Waals surface area contributed by atoms with Crippen LogP contribution in [0.15, 0.2) is 36.4 Å². The molecule has 6 nitrogen and oxygen atoms in total. The van der Waals surface area contributed by atoms with E-state index in [4.69, 9.17) is 0 Å². The van der Waals surface area contributed by atoms with Crippen molar-refractivity contribution in [3.05, 3.63) is 47.8 Å². The summed E-state index contributed by atoms with van der Waals surface area (Å²) in [6.07, 6.45) is 9.12. The molecule has 0 atom stereocenters. The van der Waals surface area contributed by atoms with E-state index in [9.17, 15) is 4.79 Å². The Balaban J connectivity index is 1.56. The highest BCUT2D eigenvalue weighted by molar-refractivity contribution is 7.15. The van der Waals surface area contributed by atoms with Gasteiger partial charge in [-0.25, -0.2) is 9.97 Å². The largest absolute Gasteiger partial charge is 0.350 e. The van der Waals surface area contributed by atoms with Gasteiger partial charge in [-0.15, -0.1) is 11.3 Å². The SMILES string of the molecule is O=C(NCCc1cn2ccsc2n1)c1cnccn1. The van der Waals surface area contributed by atoms with Gasteiger partial charge in [-0.05, 0) is 0 Å². The monoisotopic (exact) mass is 273 g/mol. The number of hydrogen-bond acceptors (Lipinski definition) is 5. The average Bonchev–Trinajstić information content (AvgIpc) is 3.00. The summed E-state index contributed by atoms with van der Waals surface area (Å²) in [6.45, 7) is 0.528.